The summed E-state index contributed by atoms with van der Waals surface area (Å²) < 4.78 is 0.715. The summed E-state index contributed by atoms with van der Waals surface area (Å²) in [5, 5.41) is 0. The van der Waals surface area contributed by atoms with Gasteiger partial charge in [0, 0.05) is 18.3 Å². The lowest BCUT2D eigenvalue weighted by molar-refractivity contribution is 0.0735. The number of nitrogens with zero attached hydrogens (tertiary/aromatic N) is 1. The second kappa shape index (κ2) is 5.59. The van der Waals surface area contributed by atoms with E-state index in [9.17, 15) is 4.79 Å². The molecule has 0 saturated carbocycles. The van der Waals surface area contributed by atoms with E-state index in [0.717, 1.165) is 30.5 Å². The molecule has 1 aromatic carbocycles. The van der Waals surface area contributed by atoms with Gasteiger partial charge in [0.25, 0.3) is 5.91 Å². The molecule has 4 heteroatoms. The molecule has 1 aliphatic heterocycles. The maximum absolute atomic E-state index is 12.6. The summed E-state index contributed by atoms with van der Waals surface area (Å²) in [4.78, 5) is 17.6. The topological polar surface area (TPSA) is 36.1 Å². The highest BCUT2D eigenvalue weighted by molar-refractivity contribution is 7.71. The van der Waals surface area contributed by atoms with Gasteiger partial charge in [-0.1, -0.05) is 36.5 Å². The van der Waals surface area contributed by atoms with E-state index in [0.29, 0.717) is 4.64 Å². The van der Waals surface area contributed by atoms with Crippen LogP contribution in [0.2, 0.25) is 0 Å². The van der Waals surface area contributed by atoms with Crippen molar-refractivity contribution in [3.63, 3.8) is 0 Å². The molecule has 3 nitrogen and oxygen atoms in total. The van der Waals surface area contributed by atoms with Gasteiger partial charge in [-0.25, -0.2) is 0 Å². The van der Waals surface area contributed by atoms with E-state index in [-0.39, 0.29) is 11.9 Å². The normalized spacial score (nSPS) is 18.2. The largest absolute Gasteiger partial charge is 0.353 e. The average molecular weight is 284 g/mol. The Morgan fingerprint density at radius 2 is 2.00 bits per heavy atom. The van der Waals surface area contributed by atoms with Crippen LogP contribution >= 0.6 is 12.2 Å². The van der Waals surface area contributed by atoms with Crippen LogP contribution in [0.15, 0.2) is 48.7 Å². The van der Waals surface area contributed by atoms with Crippen LogP contribution in [0.5, 0.6) is 0 Å². The maximum Gasteiger partial charge on any atom is 0.254 e. The number of H-pyrrole nitrogens is 1. The van der Waals surface area contributed by atoms with E-state index in [2.05, 4.69) is 4.98 Å². The first-order valence-electron chi connectivity index (χ1n) is 6.80. The van der Waals surface area contributed by atoms with E-state index >= 15 is 0 Å². The predicted octanol–water partition coefficient (Wildman–Crippen LogP) is 3.72. The summed E-state index contributed by atoms with van der Waals surface area (Å²) >= 11 is 5.07. The lowest BCUT2D eigenvalue weighted by Crippen LogP contribution is -2.30. The zero-order chi connectivity index (χ0) is 13.9. The Morgan fingerprint density at radius 1 is 1.20 bits per heavy atom. The standard InChI is InChI=1S/C16H16N2OS/c19-16(12-5-2-1-3-6-12)18-10-4-7-14(18)13-8-9-15(20)17-11-13/h1-3,5-6,8-9,11,14H,4,7,10H2,(H,17,20)/t14-/m1/s1. The van der Waals surface area contributed by atoms with Gasteiger partial charge in [-0.15, -0.1) is 0 Å². The number of nitrogens with one attached hydrogen (secondary N) is 1. The molecule has 0 unspecified atom stereocenters. The number of hydrogen-bond acceptors (Lipinski definition) is 2. The summed E-state index contributed by atoms with van der Waals surface area (Å²) in [6, 6.07) is 13.5. The SMILES string of the molecule is O=C(c1ccccc1)N1CCC[C@@H]1c1ccc(=S)[nH]c1. The van der Waals surface area contributed by atoms with Gasteiger partial charge in [0.2, 0.25) is 0 Å². The Morgan fingerprint density at radius 3 is 2.70 bits per heavy atom. The molecule has 1 fully saturated rings. The number of hydrogen-bond donors (Lipinski definition) is 1. The molecular weight excluding hydrogens is 268 g/mol. The lowest BCUT2D eigenvalue weighted by Gasteiger charge is -2.25. The second-order valence-electron chi connectivity index (χ2n) is 5.01. The van der Waals surface area contributed by atoms with E-state index < -0.39 is 0 Å². The Bertz CT molecular complexity index is 645. The van der Waals surface area contributed by atoms with Crippen molar-refractivity contribution in [1.82, 2.24) is 9.88 Å². The van der Waals surface area contributed by atoms with Gasteiger partial charge in [0.05, 0.1) is 6.04 Å². The Labute approximate surface area is 123 Å². The molecule has 20 heavy (non-hydrogen) atoms. The van der Waals surface area contributed by atoms with Gasteiger partial charge in [-0.2, -0.15) is 0 Å². The Balaban J connectivity index is 1.87. The fraction of sp³-hybridized carbons (Fsp3) is 0.250. The smallest absolute Gasteiger partial charge is 0.254 e. The minimum atomic E-state index is 0.107. The molecule has 1 aliphatic rings. The van der Waals surface area contributed by atoms with Crippen LogP contribution < -0.4 is 0 Å². The van der Waals surface area contributed by atoms with E-state index in [1.165, 1.54) is 0 Å². The van der Waals surface area contributed by atoms with Gasteiger partial charge in [0.1, 0.15) is 4.64 Å². The molecule has 102 valence electrons. The third-order valence-electron chi connectivity index (χ3n) is 3.73. The zero-order valence-electron chi connectivity index (χ0n) is 11.1. The lowest BCUT2D eigenvalue weighted by atomic mass is 10.1. The minimum absolute atomic E-state index is 0.107. The Hall–Kier alpha value is -1.94. The van der Waals surface area contributed by atoms with Crippen molar-refractivity contribution in [2.24, 2.45) is 0 Å². The highest BCUT2D eigenvalue weighted by atomic mass is 32.1. The third-order valence-corrected chi connectivity index (χ3v) is 3.98. The van der Waals surface area contributed by atoms with Gasteiger partial charge in [-0.05, 0) is 36.6 Å². The van der Waals surface area contributed by atoms with E-state index in [1.807, 2.05) is 53.6 Å². The van der Waals surface area contributed by atoms with Crippen molar-refractivity contribution >= 4 is 18.1 Å². The number of rotatable bonds is 2. The summed E-state index contributed by atoms with van der Waals surface area (Å²) in [5.74, 6) is 0.107. The van der Waals surface area contributed by atoms with Crippen molar-refractivity contribution in [1.29, 1.82) is 0 Å². The fourth-order valence-corrected chi connectivity index (χ4v) is 2.86. The molecule has 0 bridgehead atoms. The molecule has 1 N–H and O–H groups in total. The number of amides is 1. The molecule has 1 saturated heterocycles. The van der Waals surface area contributed by atoms with Gasteiger partial charge in [0.15, 0.2) is 0 Å². The molecule has 1 amide bonds. The molecule has 1 atom stereocenters. The van der Waals surface area contributed by atoms with Crippen LogP contribution in [-0.4, -0.2) is 22.3 Å². The van der Waals surface area contributed by atoms with Crippen molar-refractivity contribution in [3.05, 3.63) is 64.4 Å². The predicted molar refractivity (Wildman–Crippen MR) is 81.1 cm³/mol. The molecule has 3 rings (SSSR count). The third kappa shape index (κ3) is 2.51. The molecular formula is C16H16N2OS. The van der Waals surface area contributed by atoms with Crippen LogP contribution in [0.1, 0.15) is 34.8 Å². The molecule has 0 aliphatic carbocycles. The van der Waals surface area contributed by atoms with Crippen LogP contribution in [-0.2, 0) is 0 Å². The number of likely N-dealkylation sites (tertiary alicyclic amines) is 1. The fourth-order valence-electron chi connectivity index (χ4n) is 2.73. The van der Waals surface area contributed by atoms with Crippen LogP contribution in [0.25, 0.3) is 0 Å². The van der Waals surface area contributed by atoms with Crippen LogP contribution in [0.4, 0.5) is 0 Å². The van der Waals surface area contributed by atoms with E-state index in [1.54, 1.807) is 0 Å². The molecule has 2 heterocycles. The highest BCUT2D eigenvalue weighted by Crippen LogP contribution is 2.32. The molecule has 2 aromatic rings. The Kier molecular flexibility index (Phi) is 3.65. The van der Waals surface area contributed by atoms with Gasteiger partial charge in [-0.3, -0.25) is 4.79 Å². The maximum atomic E-state index is 12.6. The zero-order valence-corrected chi connectivity index (χ0v) is 11.9. The second-order valence-corrected chi connectivity index (χ2v) is 5.45. The monoisotopic (exact) mass is 284 g/mol. The average Bonchev–Trinajstić information content (AvgIpc) is 2.97. The number of aromatic nitrogens is 1. The number of aromatic amines is 1. The summed E-state index contributed by atoms with van der Waals surface area (Å²) in [6.07, 6.45) is 3.96. The summed E-state index contributed by atoms with van der Waals surface area (Å²) in [7, 11) is 0. The molecule has 0 spiro atoms. The first kappa shape index (κ1) is 13.1. The van der Waals surface area contributed by atoms with Crippen molar-refractivity contribution < 1.29 is 4.79 Å². The molecule has 1 aromatic heterocycles. The highest BCUT2D eigenvalue weighted by Gasteiger charge is 2.30. The number of pyridine rings is 1. The van der Waals surface area contributed by atoms with Crippen molar-refractivity contribution in [3.8, 4) is 0 Å². The molecule has 0 radical (unpaired) electrons. The minimum Gasteiger partial charge on any atom is -0.353 e. The van der Waals surface area contributed by atoms with Crippen LogP contribution in [0.3, 0.4) is 0 Å². The van der Waals surface area contributed by atoms with Crippen molar-refractivity contribution in [2.45, 2.75) is 18.9 Å². The number of carbonyl (C=O) groups excluding carboxylic acids is 1. The van der Waals surface area contributed by atoms with E-state index in [4.69, 9.17) is 12.2 Å². The summed E-state index contributed by atoms with van der Waals surface area (Å²) in [5.41, 5.74) is 1.88. The van der Waals surface area contributed by atoms with Gasteiger partial charge < -0.3 is 9.88 Å². The van der Waals surface area contributed by atoms with Crippen molar-refractivity contribution in [2.75, 3.05) is 6.54 Å². The first-order valence-corrected chi connectivity index (χ1v) is 7.21. The van der Waals surface area contributed by atoms with Crippen LogP contribution in [0, 0.1) is 4.64 Å². The van der Waals surface area contributed by atoms with Gasteiger partial charge >= 0.3 is 0 Å². The first-order chi connectivity index (χ1) is 9.75. The number of benzene rings is 1. The quantitative estimate of drug-likeness (QED) is 0.853. The number of carbonyl (C=O) groups is 1. The summed E-state index contributed by atoms with van der Waals surface area (Å²) in [6.45, 7) is 0.814.